The quantitative estimate of drug-likeness (QED) is 0.749. The standard InChI is InChI=1S/C9H13ClN2O3S/c1-7-11-8(10)6-9(13)12(7)4-3-5-16(2,14)15/h6H,3-5H2,1-2H3. The Labute approximate surface area is 99.0 Å². The molecule has 0 N–H and O–H groups in total. The maximum atomic E-state index is 11.5. The fourth-order valence-electron chi connectivity index (χ4n) is 1.34. The molecule has 90 valence electrons. The van der Waals surface area contributed by atoms with E-state index in [0.29, 0.717) is 18.8 Å². The van der Waals surface area contributed by atoms with E-state index in [1.165, 1.54) is 16.9 Å². The van der Waals surface area contributed by atoms with E-state index in [-0.39, 0.29) is 16.5 Å². The van der Waals surface area contributed by atoms with Gasteiger partial charge >= 0.3 is 0 Å². The van der Waals surface area contributed by atoms with Crippen LogP contribution in [0.25, 0.3) is 0 Å². The van der Waals surface area contributed by atoms with E-state index in [1.807, 2.05) is 0 Å². The van der Waals surface area contributed by atoms with E-state index in [2.05, 4.69) is 4.98 Å². The molecule has 1 aromatic rings. The smallest absolute Gasteiger partial charge is 0.254 e. The molecule has 16 heavy (non-hydrogen) atoms. The Bertz CT molecular complexity index is 536. The molecule has 0 atom stereocenters. The molecule has 0 amide bonds. The van der Waals surface area contributed by atoms with Crippen molar-refractivity contribution < 1.29 is 8.42 Å². The summed E-state index contributed by atoms with van der Waals surface area (Å²) in [7, 11) is -2.99. The van der Waals surface area contributed by atoms with Crippen LogP contribution in [0.1, 0.15) is 12.2 Å². The van der Waals surface area contributed by atoms with Gasteiger partial charge in [0.1, 0.15) is 20.8 Å². The molecule has 0 bridgehead atoms. The molecular formula is C9H13ClN2O3S. The third-order valence-electron chi connectivity index (χ3n) is 2.06. The molecule has 1 rings (SSSR count). The first-order chi connectivity index (χ1) is 7.29. The number of aromatic nitrogens is 2. The molecule has 5 nitrogen and oxygen atoms in total. The summed E-state index contributed by atoms with van der Waals surface area (Å²) in [5.41, 5.74) is -0.258. The van der Waals surface area contributed by atoms with Crippen LogP contribution in [0.2, 0.25) is 5.15 Å². The average Bonchev–Trinajstić information content (AvgIpc) is 2.07. The van der Waals surface area contributed by atoms with Gasteiger partial charge in [0.2, 0.25) is 0 Å². The molecule has 0 unspecified atom stereocenters. The monoisotopic (exact) mass is 264 g/mol. The molecule has 0 aliphatic carbocycles. The first-order valence-electron chi connectivity index (χ1n) is 4.71. The van der Waals surface area contributed by atoms with Crippen molar-refractivity contribution >= 4 is 21.4 Å². The Morgan fingerprint density at radius 3 is 2.62 bits per heavy atom. The van der Waals surface area contributed by atoms with Gasteiger partial charge in [-0.3, -0.25) is 9.36 Å². The average molecular weight is 265 g/mol. The largest absolute Gasteiger partial charge is 0.297 e. The molecule has 0 aliphatic heterocycles. The lowest BCUT2D eigenvalue weighted by Crippen LogP contribution is -2.24. The zero-order valence-corrected chi connectivity index (χ0v) is 10.7. The van der Waals surface area contributed by atoms with Crippen LogP contribution in [-0.2, 0) is 16.4 Å². The van der Waals surface area contributed by atoms with Crippen LogP contribution in [0.15, 0.2) is 10.9 Å². The van der Waals surface area contributed by atoms with Gasteiger partial charge in [-0.05, 0) is 13.3 Å². The molecule has 0 aliphatic rings. The highest BCUT2D eigenvalue weighted by Gasteiger charge is 2.06. The molecule has 0 radical (unpaired) electrons. The lowest BCUT2D eigenvalue weighted by atomic mass is 10.4. The zero-order chi connectivity index (χ0) is 12.3. The van der Waals surface area contributed by atoms with Crippen molar-refractivity contribution in [2.75, 3.05) is 12.0 Å². The number of sulfone groups is 1. The fraction of sp³-hybridized carbons (Fsp3) is 0.556. The van der Waals surface area contributed by atoms with Crippen molar-refractivity contribution in [2.45, 2.75) is 19.9 Å². The Kier molecular flexibility index (Phi) is 4.09. The molecule has 0 saturated heterocycles. The Morgan fingerprint density at radius 2 is 2.12 bits per heavy atom. The number of halogens is 1. The lowest BCUT2D eigenvalue weighted by molar-refractivity contribution is 0.582. The maximum Gasteiger partial charge on any atom is 0.254 e. The highest BCUT2D eigenvalue weighted by Crippen LogP contribution is 2.02. The molecule has 0 spiro atoms. The number of nitrogens with zero attached hydrogens (tertiary/aromatic N) is 2. The SMILES string of the molecule is Cc1nc(Cl)cc(=O)n1CCCS(C)(=O)=O. The summed E-state index contributed by atoms with van der Waals surface area (Å²) in [6, 6.07) is 1.22. The second kappa shape index (κ2) is 4.97. The molecule has 7 heteroatoms. The summed E-state index contributed by atoms with van der Waals surface area (Å²) in [6.07, 6.45) is 1.56. The number of aryl methyl sites for hydroxylation is 1. The van der Waals surface area contributed by atoms with E-state index >= 15 is 0 Å². The summed E-state index contributed by atoms with van der Waals surface area (Å²) >= 11 is 5.61. The third-order valence-corrected chi connectivity index (χ3v) is 3.29. The summed E-state index contributed by atoms with van der Waals surface area (Å²) in [5.74, 6) is 0.549. The summed E-state index contributed by atoms with van der Waals surface area (Å²) < 4.78 is 23.3. The van der Waals surface area contributed by atoms with Crippen molar-refractivity contribution in [3.05, 3.63) is 27.4 Å². The third kappa shape index (κ3) is 3.94. The van der Waals surface area contributed by atoms with Gasteiger partial charge in [0.25, 0.3) is 5.56 Å². The van der Waals surface area contributed by atoms with Crippen molar-refractivity contribution in [2.24, 2.45) is 0 Å². The zero-order valence-electron chi connectivity index (χ0n) is 9.10. The van der Waals surface area contributed by atoms with Crippen molar-refractivity contribution in [3.63, 3.8) is 0 Å². The summed E-state index contributed by atoms with van der Waals surface area (Å²) in [5, 5.41) is 0.155. The Hall–Kier alpha value is -0.880. The second-order valence-electron chi connectivity index (χ2n) is 3.60. The lowest BCUT2D eigenvalue weighted by Gasteiger charge is -2.08. The minimum atomic E-state index is -2.99. The van der Waals surface area contributed by atoms with Crippen molar-refractivity contribution in [1.29, 1.82) is 0 Å². The normalized spacial score (nSPS) is 11.7. The predicted molar refractivity (Wildman–Crippen MR) is 62.6 cm³/mol. The molecule has 0 fully saturated rings. The van der Waals surface area contributed by atoms with E-state index in [4.69, 9.17) is 11.6 Å². The number of rotatable bonds is 4. The van der Waals surface area contributed by atoms with E-state index < -0.39 is 9.84 Å². The second-order valence-corrected chi connectivity index (χ2v) is 6.25. The topological polar surface area (TPSA) is 69.0 Å². The fourth-order valence-corrected chi connectivity index (χ4v) is 2.21. The first-order valence-corrected chi connectivity index (χ1v) is 7.15. The van der Waals surface area contributed by atoms with Gasteiger partial charge in [0, 0.05) is 18.9 Å². The van der Waals surface area contributed by atoms with E-state index in [1.54, 1.807) is 6.92 Å². The Balaban J connectivity index is 2.79. The van der Waals surface area contributed by atoms with Crippen LogP contribution in [0.3, 0.4) is 0 Å². The van der Waals surface area contributed by atoms with Gasteiger partial charge in [-0.2, -0.15) is 0 Å². The van der Waals surface area contributed by atoms with Crippen molar-refractivity contribution in [1.82, 2.24) is 9.55 Å². The van der Waals surface area contributed by atoms with Gasteiger partial charge in [-0.25, -0.2) is 13.4 Å². The van der Waals surface area contributed by atoms with Crippen LogP contribution in [0, 0.1) is 6.92 Å². The maximum absolute atomic E-state index is 11.5. The highest BCUT2D eigenvalue weighted by molar-refractivity contribution is 7.90. The van der Waals surface area contributed by atoms with Crippen LogP contribution in [0.4, 0.5) is 0 Å². The van der Waals surface area contributed by atoms with Crippen LogP contribution < -0.4 is 5.56 Å². The van der Waals surface area contributed by atoms with E-state index in [9.17, 15) is 13.2 Å². The minimum absolute atomic E-state index is 0.0571. The van der Waals surface area contributed by atoms with Crippen LogP contribution in [-0.4, -0.2) is 30.0 Å². The Morgan fingerprint density at radius 1 is 1.50 bits per heavy atom. The van der Waals surface area contributed by atoms with Crippen LogP contribution >= 0.6 is 11.6 Å². The van der Waals surface area contributed by atoms with Crippen molar-refractivity contribution in [3.8, 4) is 0 Å². The minimum Gasteiger partial charge on any atom is -0.297 e. The van der Waals surface area contributed by atoms with Gasteiger partial charge in [-0.15, -0.1) is 0 Å². The van der Waals surface area contributed by atoms with E-state index in [0.717, 1.165) is 0 Å². The molecule has 0 saturated carbocycles. The highest BCUT2D eigenvalue weighted by atomic mass is 35.5. The molecule has 1 aromatic heterocycles. The van der Waals surface area contributed by atoms with Crippen LogP contribution in [0.5, 0.6) is 0 Å². The molecule has 0 aromatic carbocycles. The number of hydrogen-bond acceptors (Lipinski definition) is 4. The molecular weight excluding hydrogens is 252 g/mol. The predicted octanol–water partition coefficient (Wildman–Crippen LogP) is 0.640. The number of hydrogen-bond donors (Lipinski definition) is 0. The van der Waals surface area contributed by atoms with Gasteiger partial charge in [0.15, 0.2) is 0 Å². The summed E-state index contributed by atoms with van der Waals surface area (Å²) in [4.78, 5) is 15.4. The van der Waals surface area contributed by atoms with Gasteiger partial charge < -0.3 is 0 Å². The molecule has 1 heterocycles. The first kappa shape index (κ1) is 13.2. The van der Waals surface area contributed by atoms with Gasteiger partial charge in [-0.1, -0.05) is 11.6 Å². The van der Waals surface area contributed by atoms with Gasteiger partial charge in [0.05, 0.1) is 5.75 Å². The summed E-state index contributed by atoms with van der Waals surface area (Å²) in [6.45, 7) is 2.00.